The number of nitrogens with one attached hydrogen (secondary N) is 1. The van der Waals surface area contributed by atoms with Crippen LogP contribution in [0.5, 0.6) is 0 Å². The molecular weight excluding hydrogens is 210 g/mol. The van der Waals surface area contributed by atoms with Gasteiger partial charge in [-0.15, -0.1) is 0 Å². The van der Waals surface area contributed by atoms with Gasteiger partial charge in [-0.1, -0.05) is 25.5 Å². The number of rotatable bonds is 4. The van der Waals surface area contributed by atoms with Crippen LogP contribution in [0.3, 0.4) is 0 Å². The molecule has 3 heteroatoms. The molecule has 88 valence electrons. The highest BCUT2D eigenvalue weighted by Crippen LogP contribution is 2.17. The predicted molar refractivity (Wildman–Crippen MR) is 72.4 cm³/mol. The van der Waals surface area contributed by atoms with E-state index in [1.54, 1.807) is 12.3 Å². The van der Waals surface area contributed by atoms with Crippen molar-refractivity contribution >= 4 is 17.2 Å². The molecule has 0 atom stereocenters. The molecule has 2 aromatic rings. The van der Waals surface area contributed by atoms with Gasteiger partial charge in [0.05, 0.1) is 0 Å². The average Bonchev–Trinajstić information content (AvgIpc) is 2.32. The number of benzene rings is 1. The number of nitrogen functional groups attached to an aromatic ring is 1. The van der Waals surface area contributed by atoms with Crippen LogP contribution in [0.25, 0.3) is 0 Å². The number of pyridine rings is 1. The third kappa shape index (κ3) is 3.21. The fourth-order valence-corrected chi connectivity index (χ4v) is 1.71. The first-order valence-corrected chi connectivity index (χ1v) is 5.85. The van der Waals surface area contributed by atoms with Crippen molar-refractivity contribution in [3.63, 3.8) is 0 Å². The summed E-state index contributed by atoms with van der Waals surface area (Å²) >= 11 is 0. The van der Waals surface area contributed by atoms with Crippen molar-refractivity contribution in [2.24, 2.45) is 0 Å². The maximum absolute atomic E-state index is 5.70. The first-order chi connectivity index (χ1) is 8.28. The van der Waals surface area contributed by atoms with E-state index >= 15 is 0 Å². The van der Waals surface area contributed by atoms with E-state index < -0.39 is 0 Å². The summed E-state index contributed by atoms with van der Waals surface area (Å²) in [5.41, 5.74) is 8.80. The van der Waals surface area contributed by atoms with Crippen molar-refractivity contribution < 1.29 is 0 Å². The minimum atomic E-state index is 0.713. The third-order valence-corrected chi connectivity index (χ3v) is 2.55. The molecule has 0 saturated carbocycles. The van der Waals surface area contributed by atoms with Crippen LogP contribution in [0.2, 0.25) is 0 Å². The molecule has 17 heavy (non-hydrogen) atoms. The lowest BCUT2D eigenvalue weighted by Gasteiger charge is -2.07. The summed E-state index contributed by atoms with van der Waals surface area (Å²) in [6.07, 6.45) is 3.99. The van der Waals surface area contributed by atoms with Crippen molar-refractivity contribution in [1.82, 2.24) is 4.98 Å². The molecular formula is C14H17N3. The largest absolute Gasteiger partial charge is 0.399 e. The number of anilines is 3. The Kier molecular flexibility index (Phi) is 3.60. The normalized spacial score (nSPS) is 10.2. The van der Waals surface area contributed by atoms with Crippen molar-refractivity contribution in [1.29, 1.82) is 0 Å². The number of hydrogen-bond acceptors (Lipinski definition) is 3. The molecule has 0 aliphatic rings. The molecule has 0 saturated heterocycles. The van der Waals surface area contributed by atoms with E-state index in [2.05, 4.69) is 41.5 Å². The quantitative estimate of drug-likeness (QED) is 0.842. The summed E-state index contributed by atoms with van der Waals surface area (Å²) in [6.45, 7) is 2.18. The van der Waals surface area contributed by atoms with Crippen LogP contribution in [-0.2, 0) is 6.42 Å². The zero-order chi connectivity index (χ0) is 12.1. The molecule has 0 spiro atoms. The molecule has 0 radical (unpaired) electrons. The van der Waals surface area contributed by atoms with E-state index in [9.17, 15) is 0 Å². The number of nitrogens with zero attached hydrogens (tertiary/aromatic N) is 1. The molecule has 1 aromatic carbocycles. The van der Waals surface area contributed by atoms with Crippen molar-refractivity contribution in [2.45, 2.75) is 19.8 Å². The van der Waals surface area contributed by atoms with E-state index in [0.29, 0.717) is 5.69 Å². The lowest BCUT2D eigenvalue weighted by Crippen LogP contribution is -1.95. The Morgan fingerprint density at radius 3 is 2.59 bits per heavy atom. The Morgan fingerprint density at radius 2 is 1.94 bits per heavy atom. The van der Waals surface area contributed by atoms with Gasteiger partial charge in [0.15, 0.2) is 0 Å². The molecule has 0 aliphatic heterocycles. The fraction of sp³-hybridized carbons (Fsp3) is 0.214. The maximum atomic E-state index is 5.70. The minimum Gasteiger partial charge on any atom is -0.399 e. The third-order valence-electron chi connectivity index (χ3n) is 2.55. The first-order valence-electron chi connectivity index (χ1n) is 5.85. The zero-order valence-corrected chi connectivity index (χ0v) is 9.98. The summed E-state index contributed by atoms with van der Waals surface area (Å²) in [7, 11) is 0. The van der Waals surface area contributed by atoms with Crippen LogP contribution < -0.4 is 11.1 Å². The van der Waals surface area contributed by atoms with Crippen molar-refractivity contribution in [3.05, 3.63) is 48.2 Å². The highest BCUT2D eigenvalue weighted by molar-refractivity contribution is 5.59. The van der Waals surface area contributed by atoms with E-state index in [0.717, 1.165) is 17.9 Å². The van der Waals surface area contributed by atoms with Gasteiger partial charge < -0.3 is 11.1 Å². The topological polar surface area (TPSA) is 50.9 Å². The zero-order valence-electron chi connectivity index (χ0n) is 9.98. The molecule has 0 bridgehead atoms. The Hall–Kier alpha value is -2.03. The highest BCUT2D eigenvalue weighted by Gasteiger charge is 1.97. The summed E-state index contributed by atoms with van der Waals surface area (Å²) < 4.78 is 0. The molecule has 3 N–H and O–H groups in total. The van der Waals surface area contributed by atoms with Gasteiger partial charge in [-0.2, -0.15) is 0 Å². The Balaban J connectivity index is 2.08. The second-order valence-corrected chi connectivity index (χ2v) is 4.05. The molecule has 0 aliphatic carbocycles. The average molecular weight is 227 g/mol. The van der Waals surface area contributed by atoms with Crippen molar-refractivity contribution in [3.8, 4) is 0 Å². The maximum Gasteiger partial charge on any atom is 0.132 e. The lowest BCUT2D eigenvalue weighted by atomic mass is 10.1. The molecule has 0 unspecified atom stereocenters. The SMILES string of the molecule is CCCc1ccc(Nc2cc(N)ccn2)cc1. The van der Waals surface area contributed by atoms with Gasteiger partial charge in [-0.3, -0.25) is 0 Å². The number of aryl methyl sites for hydroxylation is 1. The van der Waals surface area contributed by atoms with Gasteiger partial charge in [-0.25, -0.2) is 4.98 Å². The van der Waals surface area contributed by atoms with Gasteiger partial charge in [0.1, 0.15) is 5.82 Å². The number of aromatic nitrogens is 1. The van der Waals surface area contributed by atoms with Crippen LogP contribution in [0.1, 0.15) is 18.9 Å². The van der Waals surface area contributed by atoms with Crippen LogP contribution >= 0.6 is 0 Å². The van der Waals surface area contributed by atoms with Crippen LogP contribution in [0.15, 0.2) is 42.6 Å². The van der Waals surface area contributed by atoms with Gasteiger partial charge >= 0.3 is 0 Å². The first kappa shape index (κ1) is 11.5. The summed E-state index contributed by atoms with van der Waals surface area (Å²) in [4.78, 5) is 4.20. The van der Waals surface area contributed by atoms with E-state index in [4.69, 9.17) is 5.73 Å². The van der Waals surface area contributed by atoms with E-state index in [1.165, 1.54) is 12.0 Å². The summed E-state index contributed by atoms with van der Waals surface area (Å²) in [5.74, 6) is 0.772. The van der Waals surface area contributed by atoms with E-state index in [1.807, 2.05) is 6.07 Å². The van der Waals surface area contributed by atoms with Crippen molar-refractivity contribution in [2.75, 3.05) is 11.1 Å². The van der Waals surface area contributed by atoms with Gasteiger partial charge in [-0.05, 0) is 30.2 Å². The van der Waals surface area contributed by atoms with Gasteiger partial charge in [0.2, 0.25) is 0 Å². The van der Waals surface area contributed by atoms with Crippen LogP contribution in [0.4, 0.5) is 17.2 Å². The monoisotopic (exact) mass is 227 g/mol. The Labute approximate surface area is 102 Å². The Morgan fingerprint density at radius 1 is 1.18 bits per heavy atom. The highest BCUT2D eigenvalue weighted by atomic mass is 15.0. The van der Waals surface area contributed by atoms with Gasteiger partial charge in [0.25, 0.3) is 0 Å². The molecule has 3 nitrogen and oxygen atoms in total. The molecule has 1 heterocycles. The summed E-state index contributed by atoms with van der Waals surface area (Å²) in [5, 5.41) is 3.22. The second-order valence-electron chi connectivity index (χ2n) is 4.05. The standard InChI is InChI=1S/C14H17N3/c1-2-3-11-4-6-13(7-5-11)17-14-10-12(15)8-9-16-14/h4-10H,2-3H2,1H3,(H3,15,16,17). The second kappa shape index (κ2) is 5.34. The van der Waals surface area contributed by atoms with Crippen LogP contribution in [0, 0.1) is 0 Å². The van der Waals surface area contributed by atoms with Gasteiger partial charge in [0, 0.05) is 23.6 Å². The smallest absolute Gasteiger partial charge is 0.132 e. The van der Waals surface area contributed by atoms with Crippen LogP contribution in [-0.4, -0.2) is 4.98 Å². The molecule has 0 amide bonds. The Bertz CT molecular complexity index is 477. The summed E-state index contributed by atoms with van der Waals surface area (Å²) in [6, 6.07) is 12.0. The number of nitrogens with two attached hydrogens (primary N) is 1. The molecule has 1 aromatic heterocycles. The fourth-order valence-electron chi connectivity index (χ4n) is 1.71. The number of hydrogen-bond donors (Lipinski definition) is 2. The molecule has 2 rings (SSSR count). The molecule has 0 fully saturated rings. The minimum absolute atomic E-state index is 0.713. The predicted octanol–water partition coefficient (Wildman–Crippen LogP) is 3.36. The van der Waals surface area contributed by atoms with E-state index in [-0.39, 0.29) is 0 Å². The lowest BCUT2D eigenvalue weighted by molar-refractivity contribution is 0.922.